The molecule has 0 bridgehead atoms. The number of carbonyl (C=O) groups excluding carboxylic acids is 3. The van der Waals surface area contributed by atoms with E-state index in [2.05, 4.69) is 27.0 Å². The van der Waals surface area contributed by atoms with E-state index in [0.717, 1.165) is 12.8 Å². The van der Waals surface area contributed by atoms with E-state index in [4.69, 9.17) is 9.47 Å². The summed E-state index contributed by atoms with van der Waals surface area (Å²) in [5.41, 5.74) is 0. The third kappa shape index (κ3) is 11.1. The van der Waals surface area contributed by atoms with Crippen molar-refractivity contribution in [3.05, 3.63) is 37.5 Å². The minimum Gasteiger partial charge on any atom is -0.480 e. The molecule has 1 rings (SSSR count). The lowest BCUT2D eigenvalue weighted by atomic mass is 9.89. The molecule has 0 radical (unpaired) electrons. The number of amides is 3. The summed E-state index contributed by atoms with van der Waals surface area (Å²) >= 11 is 0. The van der Waals surface area contributed by atoms with E-state index in [1.165, 1.54) is 19.1 Å². The van der Waals surface area contributed by atoms with Gasteiger partial charge in [-0.05, 0) is 37.0 Å². The van der Waals surface area contributed by atoms with Crippen LogP contribution in [-0.4, -0.2) is 109 Å². The summed E-state index contributed by atoms with van der Waals surface area (Å²) in [6.07, 6.45) is 8.51. The van der Waals surface area contributed by atoms with E-state index >= 15 is 0 Å². The van der Waals surface area contributed by atoms with Crippen LogP contribution in [0.15, 0.2) is 37.5 Å². The van der Waals surface area contributed by atoms with Crippen LogP contribution in [-0.2, 0) is 28.7 Å². The summed E-state index contributed by atoms with van der Waals surface area (Å²) in [5, 5.41) is 10.00. The molecule has 0 saturated carbocycles. The second-order valence-corrected chi connectivity index (χ2v) is 12.8. The van der Waals surface area contributed by atoms with E-state index in [-0.39, 0.29) is 60.4 Å². The molecule has 256 valence electrons. The molecule has 0 aliphatic carbocycles. The lowest BCUT2D eigenvalue weighted by molar-refractivity contribution is -0.155. The van der Waals surface area contributed by atoms with Crippen LogP contribution in [0.25, 0.3) is 0 Å². The molecular formula is C35H59N3O7. The van der Waals surface area contributed by atoms with Crippen LogP contribution in [0, 0.1) is 23.7 Å². The number of ether oxygens (including phenoxy) is 2. The first-order valence-electron chi connectivity index (χ1n) is 16.2. The summed E-state index contributed by atoms with van der Waals surface area (Å²) in [6.45, 7) is 17.8. The van der Waals surface area contributed by atoms with Crippen molar-refractivity contribution in [3.8, 4) is 0 Å². The molecular weight excluding hydrogens is 574 g/mol. The number of methoxy groups -OCH3 is 2. The Labute approximate surface area is 271 Å². The first-order valence-corrected chi connectivity index (χ1v) is 16.2. The number of carbonyl (C=O) groups is 4. The number of allylic oxidation sites excluding steroid dienone is 4. The zero-order chi connectivity index (χ0) is 34.4. The fraction of sp³-hybridized carbons (Fsp3) is 0.714. The molecule has 1 aliphatic rings. The predicted molar refractivity (Wildman–Crippen MR) is 177 cm³/mol. The number of nitrogens with zero attached hydrogens (tertiary/aromatic N) is 3. The van der Waals surface area contributed by atoms with E-state index in [1.807, 2.05) is 13.8 Å². The van der Waals surface area contributed by atoms with Crippen LogP contribution in [0.5, 0.6) is 0 Å². The van der Waals surface area contributed by atoms with Crippen LogP contribution < -0.4 is 0 Å². The van der Waals surface area contributed by atoms with Gasteiger partial charge in [0.15, 0.2) is 0 Å². The Bertz CT molecular complexity index is 1030. The number of likely N-dealkylation sites (tertiary alicyclic amines) is 1. The molecule has 10 heteroatoms. The number of aliphatic carboxylic acids is 1. The van der Waals surface area contributed by atoms with Gasteiger partial charge in [0.2, 0.25) is 17.7 Å². The van der Waals surface area contributed by atoms with E-state index in [1.54, 1.807) is 55.2 Å². The molecule has 10 nitrogen and oxygen atoms in total. The van der Waals surface area contributed by atoms with Gasteiger partial charge in [-0.15, -0.1) is 6.58 Å². The highest BCUT2D eigenvalue weighted by atomic mass is 16.5. The van der Waals surface area contributed by atoms with Gasteiger partial charge < -0.3 is 29.3 Å². The summed E-state index contributed by atoms with van der Waals surface area (Å²) in [4.78, 5) is 57.6. The zero-order valence-corrected chi connectivity index (χ0v) is 29.1. The summed E-state index contributed by atoms with van der Waals surface area (Å²) in [6, 6.07) is -1.72. The van der Waals surface area contributed by atoms with Gasteiger partial charge in [0.05, 0.1) is 36.6 Å². The zero-order valence-electron chi connectivity index (χ0n) is 29.1. The van der Waals surface area contributed by atoms with Crippen molar-refractivity contribution in [3.63, 3.8) is 0 Å². The average Bonchev–Trinajstić information content (AvgIpc) is 3.49. The molecule has 0 aromatic heterocycles. The number of rotatable bonds is 20. The molecule has 1 saturated heterocycles. The second-order valence-electron chi connectivity index (χ2n) is 12.8. The quantitative estimate of drug-likeness (QED) is 0.151. The summed E-state index contributed by atoms with van der Waals surface area (Å²) in [7, 11) is 6.38. The molecule has 1 heterocycles. The number of likely N-dealkylation sites (N-methyl/N-ethyl adjacent to an activating group) is 2. The van der Waals surface area contributed by atoms with Crippen LogP contribution in [0.4, 0.5) is 0 Å². The van der Waals surface area contributed by atoms with Crippen molar-refractivity contribution in [2.45, 2.75) is 103 Å². The van der Waals surface area contributed by atoms with Gasteiger partial charge >= 0.3 is 5.97 Å². The Balaban J connectivity index is 3.20. The second kappa shape index (κ2) is 19.5. The summed E-state index contributed by atoms with van der Waals surface area (Å²) in [5.74, 6) is -2.24. The molecule has 1 fully saturated rings. The van der Waals surface area contributed by atoms with Gasteiger partial charge in [0.1, 0.15) is 6.04 Å². The maximum Gasteiger partial charge on any atom is 0.326 e. The number of hydrogen-bond donors (Lipinski definition) is 1. The van der Waals surface area contributed by atoms with Crippen molar-refractivity contribution in [1.82, 2.24) is 14.7 Å². The highest BCUT2D eigenvalue weighted by Crippen LogP contribution is 2.30. The van der Waals surface area contributed by atoms with E-state index in [0.29, 0.717) is 19.4 Å². The smallest absolute Gasteiger partial charge is 0.326 e. The molecule has 0 aromatic carbocycles. The topological polar surface area (TPSA) is 117 Å². The average molecular weight is 634 g/mol. The fourth-order valence-electron chi connectivity index (χ4n) is 6.44. The van der Waals surface area contributed by atoms with Gasteiger partial charge in [0.25, 0.3) is 0 Å². The fourth-order valence-corrected chi connectivity index (χ4v) is 6.44. The van der Waals surface area contributed by atoms with E-state index in [9.17, 15) is 24.3 Å². The number of carboxylic acid groups (broad SMARTS) is 1. The van der Waals surface area contributed by atoms with Crippen molar-refractivity contribution in [2.75, 3.05) is 34.9 Å². The maximum atomic E-state index is 13.9. The van der Waals surface area contributed by atoms with Crippen molar-refractivity contribution < 1.29 is 33.8 Å². The third-order valence-corrected chi connectivity index (χ3v) is 9.26. The summed E-state index contributed by atoms with van der Waals surface area (Å²) < 4.78 is 11.8. The monoisotopic (exact) mass is 633 g/mol. The van der Waals surface area contributed by atoms with Gasteiger partial charge in [0, 0.05) is 41.3 Å². The molecule has 0 aromatic rings. The minimum absolute atomic E-state index is 0.0237. The first-order chi connectivity index (χ1) is 21.2. The van der Waals surface area contributed by atoms with Crippen molar-refractivity contribution in [2.24, 2.45) is 23.7 Å². The van der Waals surface area contributed by atoms with Crippen molar-refractivity contribution >= 4 is 23.7 Å². The van der Waals surface area contributed by atoms with Crippen LogP contribution in [0.1, 0.15) is 73.1 Å². The van der Waals surface area contributed by atoms with Gasteiger partial charge in [-0.2, -0.15) is 0 Å². The van der Waals surface area contributed by atoms with Gasteiger partial charge in [-0.3, -0.25) is 14.4 Å². The lowest BCUT2D eigenvalue weighted by Crippen LogP contribution is -2.54. The number of carboxylic acids is 1. The van der Waals surface area contributed by atoms with Gasteiger partial charge in [-0.1, -0.05) is 71.9 Å². The Morgan fingerprint density at radius 3 is 2.16 bits per heavy atom. The molecule has 0 spiro atoms. The Morgan fingerprint density at radius 1 is 1.02 bits per heavy atom. The normalized spacial score (nSPS) is 19.8. The van der Waals surface area contributed by atoms with Crippen molar-refractivity contribution in [1.29, 1.82) is 0 Å². The largest absolute Gasteiger partial charge is 0.480 e. The third-order valence-electron chi connectivity index (χ3n) is 9.26. The van der Waals surface area contributed by atoms with E-state index < -0.39 is 30.1 Å². The molecule has 1 N–H and O–H groups in total. The predicted octanol–water partition coefficient (Wildman–Crippen LogP) is 4.80. The Kier molecular flexibility index (Phi) is 17.4. The SMILES string of the molecule is C=CC=CC(C=C)CC(C(=O)O)N(C)C(=O)C(C)C(OC)C1CCCN1C(=O)CC(OC)C(C(C)CC)N(C)C(=O)CC(C)C. The molecule has 8 atom stereocenters. The van der Waals surface area contributed by atoms with Crippen LogP contribution >= 0.6 is 0 Å². The molecule has 45 heavy (non-hydrogen) atoms. The number of hydrogen-bond acceptors (Lipinski definition) is 6. The maximum absolute atomic E-state index is 13.9. The highest BCUT2D eigenvalue weighted by molar-refractivity contribution is 5.85. The van der Waals surface area contributed by atoms with Gasteiger partial charge in [-0.25, -0.2) is 4.79 Å². The Morgan fingerprint density at radius 2 is 1.67 bits per heavy atom. The Hall–Kier alpha value is -2.98. The molecule has 3 amide bonds. The molecule has 8 unspecified atom stereocenters. The minimum atomic E-state index is -1.11. The lowest BCUT2D eigenvalue weighted by Gasteiger charge is -2.40. The molecule has 1 aliphatic heterocycles. The van der Waals surface area contributed by atoms with Crippen LogP contribution in [0.3, 0.4) is 0 Å². The first kappa shape index (κ1) is 40.0. The standard InChI is InChI=1S/C35H59N3O7/c1-12-15-17-26(14-3)21-28(35(42)43)36(8)34(41)25(7)33(45-11)27-18-16-19-38(27)31(40)22-29(44-10)32(24(6)13-2)37(9)30(39)20-23(4)5/h12,14-15,17,23-29,32-33H,1,3,13,16,18-22H2,2,4-11H3,(H,42,43). The van der Waals surface area contributed by atoms with Crippen LogP contribution in [0.2, 0.25) is 0 Å². The highest BCUT2D eigenvalue weighted by Gasteiger charge is 2.43.